The van der Waals surface area contributed by atoms with Gasteiger partial charge in [0.25, 0.3) is 5.91 Å². The molecule has 1 unspecified atom stereocenters. The Labute approximate surface area is 197 Å². The van der Waals surface area contributed by atoms with Crippen molar-refractivity contribution in [2.45, 2.75) is 18.3 Å². The Bertz CT molecular complexity index is 1020. The van der Waals surface area contributed by atoms with Gasteiger partial charge >= 0.3 is 12.1 Å². The van der Waals surface area contributed by atoms with Crippen molar-refractivity contribution in [3.05, 3.63) is 65.7 Å². The second-order valence-corrected chi connectivity index (χ2v) is 8.12. The second-order valence-electron chi connectivity index (χ2n) is 8.12. The minimum absolute atomic E-state index is 0.0505. The van der Waals surface area contributed by atoms with Crippen LogP contribution in [0, 0.1) is 11.6 Å². The van der Waals surface area contributed by atoms with Crippen LogP contribution in [0.15, 0.2) is 48.5 Å². The number of aliphatic carboxylic acids is 1. The normalized spacial score (nSPS) is 21.3. The van der Waals surface area contributed by atoms with Gasteiger partial charge in [0.1, 0.15) is 23.8 Å². The Morgan fingerprint density at radius 1 is 1.00 bits per heavy atom. The van der Waals surface area contributed by atoms with Gasteiger partial charge in [-0.2, -0.15) is 13.2 Å². The van der Waals surface area contributed by atoms with Gasteiger partial charge in [0.05, 0.1) is 19.8 Å². The fraction of sp³-hybridized carbons (Fsp3) is 0.391. The number of halogens is 5. The highest BCUT2D eigenvalue weighted by atomic mass is 19.4. The van der Waals surface area contributed by atoms with E-state index in [1.54, 1.807) is 29.2 Å². The number of anilines is 1. The van der Waals surface area contributed by atoms with Gasteiger partial charge in [0, 0.05) is 25.3 Å². The average Bonchev–Trinajstić information content (AvgIpc) is 2.99. The van der Waals surface area contributed by atoms with Gasteiger partial charge in [0.2, 0.25) is 0 Å². The number of carbonyl (C=O) groups excluding carboxylic acids is 1. The molecule has 2 heterocycles. The van der Waals surface area contributed by atoms with Gasteiger partial charge in [-0.25, -0.2) is 13.6 Å². The number of hydrogen-bond acceptors (Lipinski definition) is 5. The first kappa shape index (κ1) is 26.5. The van der Waals surface area contributed by atoms with Crippen molar-refractivity contribution in [3.63, 3.8) is 0 Å². The quantitative estimate of drug-likeness (QED) is 0.650. The first-order valence-electron chi connectivity index (χ1n) is 10.5. The molecule has 2 saturated heterocycles. The predicted octanol–water partition coefficient (Wildman–Crippen LogP) is 3.23. The number of amides is 1. The van der Waals surface area contributed by atoms with Crippen LogP contribution in [-0.2, 0) is 25.6 Å². The number of ether oxygens (including phenoxy) is 2. The predicted molar refractivity (Wildman–Crippen MR) is 114 cm³/mol. The zero-order valence-corrected chi connectivity index (χ0v) is 18.4. The van der Waals surface area contributed by atoms with Crippen molar-refractivity contribution >= 4 is 17.6 Å². The molecule has 1 amide bonds. The molecule has 12 heteroatoms. The van der Waals surface area contributed by atoms with Crippen molar-refractivity contribution in [3.8, 4) is 0 Å². The van der Waals surface area contributed by atoms with E-state index in [0.29, 0.717) is 45.1 Å². The molecule has 2 aromatic carbocycles. The molecule has 0 aromatic heterocycles. The van der Waals surface area contributed by atoms with Gasteiger partial charge in [-0.3, -0.25) is 9.69 Å². The number of alkyl halides is 3. The van der Waals surface area contributed by atoms with Crippen LogP contribution in [0.5, 0.6) is 0 Å². The zero-order chi connectivity index (χ0) is 25.6. The summed E-state index contributed by atoms with van der Waals surface area (Å²) < 4.78 is 69.9. The lowest BCUT2D eigenvalue weighted by molar-refractivity contribution is -0.192. The van der Waals surface area contributed by atoms with E-state index in [0.717, 1.165) is 5.56 Å². The van der Waals surface area contributed by atoms with Crippen LogP contribution in [0.4, 0.5) is 27.6 Å². The van der Waals surface area contributed by atoms with Gasteiger partial charge in [-0.15, -0.1) is 0 Å². The summed E-state index contributed by atoms with van der Waals surface area (Å²) >= 11 is 0. The number of carbonyl (C=O) groups is 2. The monoisotopic (exact) mass is 502 g/mol. The number of carboxylic acids is 1. The minimum atomic E-state index is -5.08. The molecule has 0 bridgehead atoms. The third kappa shape index (κ3) is 7.44. The summed E-state index contributed by atoms with van der Waals surface area (Å²) in [5, 5.41) is 7.12. The van der Waals surface area contributed by atoms with Crippen LogP contribution >= 0.6 is 0 Å². The highest BCUT2D eigenvalue weighted by Crippen LogP contribution is 2.28. The lowest BCUT2D eigenvalue weighted by atomic mass is 10.0. The molecule has 190 valence electrons. The molecule has 35 heavy (non-hydrogen) atoms. The molecule has 2 aliphatic heterocycles. The number of morpholine rings is 1. The maximum absolute atomic E-state index is 13.3. The third-order valence-electron chi connectivity index (χ3n) is 5.38. The maximum atomic E-state index is 13.3. The van der Waals surface area contributed by atoms with E-state index in [9.17, 15) is 26.7 Å². The van der Waals surface area contributed by atoms with Crippen LogP contribution in [-0.4, -0.2) is 73.1 Å². The third-order valence-corrected chi connectivity index (χ3v) is 5.38. The second kappa shape index (κ2) is 11.1. The summed E-state index contributed by atoms with van der Waals surface area (Å²) in [6.45, 7) is 3.14. The summed E-state index contributed by atoms with van der Waals surface area (Å²) in [5.74, 6) is -3.52. The highest BCUT2D eigenvalue weighted by molar-refractivity contribution is 5.95. The fourth-order valence-electron chi connectivity index (χ4n) is 3.72. The summed E-state index contributed by atoms with van der Waals surface area (Å²) in [6, 6.07) is 12.3. The van der Waals surface area contributed by atoms with Crippen molar-refractivity contribution in [1.82, 2.24) is 4.90 Å². The van der Waals surface area contributed by atoms with E-state index in [-0.39, 0.29) is 24.1 Å². The molecule has 0 aliphatic carbocycles. The molecule has 2 aromatic rings. The molecular formula is C23H23F5N2O5. The Hall–Kier alpha value is -3.09. The maximum Gasteiger partial charge on any atom is 0.490 e. The summed E-state index contributed by atoms with van der Waals surface area (Å²) in [7, 11) is 0. The number of benzene rings is 2. The molecule has 1 atom stereocenters. The zero-order valence-electron chi connectivity index (χ0n) is 18.4. The lowest BCUT2D eigenvalue weighted by Gasteiger charge is -2.43. The molecule has 0 saturated carbocycles. The van der Waals surface area contributed by atoms with Gasteiger partial charge < -0.3 is 19.5 Å². The molecule has 0 radical (unpaired) electrons. The Morgan fingerprint density at radius 2 is 1.57 bits per heavy atom. The van der Waals surface area contributed by atoms with Crippen molar-refractivity contribution < 1.29 is 46.1 Å². The van der Waals surface area contributed by atoms with Crippen LogP contribution in [0.1, 0.15) is 5.56 Å². The molecule has 2 fully saturated rings. The Balaban J connectivity index is 0.000000429. The number of hydrogen-bond donors (Lipinski definition) is 1. The van der Waals surface area contributed by atoms with Crippen LogP contribution < -0.4 is 4.90 Å². The van der Waals surface area contributed by atoms with E-state index in [4.69, 9.17) is 19.4 Å². The van der Waals surface area contributed by atoms with E-state index in [1.165, 1.54) is 24.3 Å². The SMILES string of the molecule is O=C(O)C(F)(F)F.O=C1COC2(COCCN(Cc3ccc(F)cc3)C2)CN1c1ccc(F)cc1. The van der Waals surface area contributed by atoms with Crippen LogP contribution in [0.2, 0.25) is 0 Å². The van der Waals surface area contributed by atoms with Crippen molar-refractivity contribution in [2.75, 3.05) is 44.4 Å². The lowest BCUT2D eigenvalue weighted by Crippen LogP contribution is -2.60. The van der Waals surface area contributed by atoms with Crippen LogP contribution in [0.25, 0.3) is 0 Å². The average molecular weight is 502 g/mol. The Kier molecular flexibility index (Phi) is 8.41. The summed E-state index contributed by atoms with van der Waals surface area (Å²) in [4.78, 5) is 25.1. The highest BCUT2D eigenvalue weighted by Gasteiger charge is 2.43. The van der Waals surface area contributed by atoms with Crippen molar-refractivity contribution in [1.29, 1.82) is 0 Å². The smallest absolute Gasteiger partial charge is 0.475 e. The molecule has 1 N–H and O–H groups in total. The van der Waals surface area contributed by atoms with Gasteiger partial charge in [-0.1, -0.05) is 12.1 Å². The number of carboxylic acid groups (broad SMARTS) is 1. The molecule has 2 aliphatic rings. The van der Waals surface area contributed by atoms with Crippen molar-refractivity contribution in [2.24, 2.45) is 0 Å². The van der Waals surface area contributed by atoms with E-state index < -0.39 is 17.7 Å². The molecular weight excluding hydrogens is 479 g/mol. The van der Waals surface area contributed by atoms with Gasteiger partial charge in [-0.05, 0) is 42.0 Å². The molecule has 4 rings (SSSR count). The van der Waals surface area contributed by atoms with E-state index in [1.807, 2.05) is 0 Å². The van der Waals surface area contributed by atoms with E-state index >= 15 is 0 Å². The standard InChI is InChI=1S/C21H22F2N2O3.C2HF3O2/c22-17-3-1-16(2-4-17)11-24-9-10-27-15-21(13-24)14-25(20(26)12-28-21)19-7-5-18(23)6-8-19;3-2(4,5)1(6)7/h1-8H,9-15H2;(H,6,7). The number of nitrogens with zero attached hydrogens (tertiary/aromatic N) is 2. The summed E-state index contributed by atoms with van der Waals surface area (Å²) in [5.41, 5.74) is 0.975. The fourth-order valence-corrected chi connectivity index (χ4v) is 3.72. The minimum Gasteiger partial charge on any atom is -0.475 e. The largest absolute Gasteiger partial charge is 0.490 e. The van der Waals surface area contributed by atoms with Crippen LogP contribution in [0.3, 0.4) is 0 Å². The van der Waals surface area contributed by atoms with Gasteiger partial charge in [0.15, 0.2) is 0 Å². The molecule has 7 nitrogen and oxygen atoms in total. The van der Waals surface area contributed by atoms with E-state index in [2.05, 4.69) is 4.90 Å². The molecule has 1 spiro atoms. The first-order valence-corrected chi connectivity index (χ1v) is 10.5. The summed E-state index contributed by atoms with van der Waals surface area (Å²) in [6.07, 6.45) is -5.08. The number of rotatable bonds is 3. The topological polar surface area (TPSA) is 79.3 Å². The first-order chi connectivity index (χ1) is 16.5. The Morgan fingerprint density at radius 3 is 2.14 bits per heavy atom.